The van der Waals surface area contributed by atoms with Crippen LogP contribution in [-0.4, -0.2) is 60.3 Å². The molecule has 152 valence electrons. The minimum Gasteiger partial charge on any atom is -0.389 e. The van der Waals surface area contributed by atoms with Crippen molar-refractivity contribution >= 4 is 0 Å². The van der Waals surface area contributed by atoms with Crippen LogP contribution in [0.5, 0.6) is 0 Å². The molecule has 3 heteroatoms. The molecule has 1 heterocycles. The molecule has 0 aromatic heterocycles. The number of hydrogen-bond acceptors (Lipinski definition) is 3. The molecule has 2 fully saturated rings. The van der Waals surface area contributed by atoms with Crippen molar-refractivity contribution < 1.29 is 5.11 Å². The summed E-state index contributed by atoms with van der Waals surface area (Å²) in [6.45, 7) is 14.7. The van der Waals surface area contributed by atoms with Gasteiger partial charge >= 0.3 is 0 Å². The molecule has 0 spiro atoms. The third-order valence-electron chi connectivity index (χ3n) is 7.21. The minimum absolute atomic E-state index is 0.210. The zero-order valence-electron chi connectivity index (χ0n) is 18.2. The van der Waals surface area contributed by atoms with Crippen LogP contribution in [0.15, 0.2) is 24.3 Å². The molecule has 1 aliphatic carbocycles. The summed E-state index contributed by atoms with van der Waals surface area (Å²) in [5, 5.41) is 11.8. The summed E-state index contributed by atoms with van der Waals surface area (Å²) >= 11 is 0. The Hall–Kier alpha value is -0.900. The van der Waals surface area contributed by atoms with E-state index in [9.17, 15) is 5.11 Å². The molecule has 1 saturated heterocycles. The van der Waals surface area contributed by atoms with E-state index in [1.54, 1.807) is 0 Å². The summed E-state index contributed by atoms with van der Waals surface area (Å²) in [6, 6.07) is 8.86. The van der Waals surface area contributed by atoms with E-state index in [-0.39, 0.29) is 5.92 Å². The summed E-state index contributed by atoms with van der Waals surface area (Å²) in [5.41, 5.74) is 2.39. The first-order valence-electron chi connectivity index (χ1n) is 10.9. The molecule has 1 unspecified atom stereocenters. The van der Waals surface area contributed by atoms with Crippen molar-refractivity contribution in [1.82, 2.24) is 9.80 Å². The zero-order valence-corrected chi connectivity index (χ0v) is 18.2. The van der Waals surface area contributed by atoms with Gasteiger partial charge in [-0.05, 0) is 56.6 Å². The highest BCUT2D eigenvalue weighted by Gasteiger charge is 2.43. The van der Waals surface area contributed by atoms with E-state index in [2.05, 4.69) is 68.8 Å². The maximum Gasteiger partial charge on any atom is 0.0728 e. The summed E-state index contributed by atoms with van der Waals surface area (Å²) in [5.74, 6) is 0.932. The van der Waals surface area contributed by atoms with Crippen LogP contribution >= 0.6 is 0 Å². The molecule has 0 amide bonds. The van der Waals surface area contributed by atoms with E-state index >= 15 is 0 Å². The van der Waals surface area contributed by atoms with Gasteiger partial charge in [0.1, 0.15) is 0 Å². The summed E-state index contributed by atoms with van der Waals surface area (Å²) in [4.78, 5) is 4.97. The highest BCUT2D eigenvalue weighted by molar-refractivity contribution is 5.28. The summed E-state index contributed by atoms with van der Waals surface area (Å²) < 4.78 is 0. The molecule has 1 N–H and O–H groups in total. The Morgan fingerprint density at radius 2 is 1.74 bits per heavy atom. The number of benzene rings is 1. The van der Waals surface area contributed by atoms with E-state index in [0.29, 0.717) is 5.41 Å². The minimum atomic E-state index is -0.571. The van der Waals surface area contributed by atoms with Crippen molar-refractivity contribution in [3.63, 3.8) is 0 Å². The Labute approximate surface area is 166 Å². The van der Waals surface area contributed by atoms with Gasteiger partial charge in [-0.15, -0.1) is 0 Å². The first kappa shape index (κ1) is 20.8. The SMILES string of the molecule is Cc1cccc(C(CN2CCN(C)CC2)C2(O)CCC(C(C)(C)C)CC2)c1. The van der Waals surface area contributed by atoms with Crippen LogP contribution < -0.4 is 0 Å². The molecule has 0 radical (unpaired) electrons. The van der Waals surface area contributed by atoms with Crippen molar-refractivity contribution in [2.45, 2.75) is 64.9 Å². The highest BCUT2D eigenvalue weighted by Crippen LogP contribution is 2.47. The van der Waals surface area contributed by atoms with Crippen molar-refractivity contribution in [3.8, 4) is 0 Å². The molecule has 3 nitrogen and oxygen atoms in total. The highest BCUT2D eigenvalue weighted by atomic mass is 16.3. The van der Waals surface area contributed by atoms with Gasteiger partial charge in [0, 0.05) is 38.6 Å². The lowest BCUT2D eigenvalue weighted by Crippen LogP contribution is -2.50. The molecule has 2 aliphatic rings. The van der Waals surface area contributed by atoms with Gasteiger partial charge in [0.15, 0.2) is 0 Å². The van der Waals surface area contributed by atoms with Gasteiger partial charge in [0.05, 0.1) is 5.60 Å². The van der Waals surface area contributed by atoms with Gasteiger partial charge < -0.3 is 14.9 Å². The van der Waals surface area contributed by atoms with Crippen molar-refractivity contribution in [2.75, 3.05) is 39.8 Å². The normalized spacial score (nSPS) is 29.6. The van der Waals surface area contributed by atoms with Gasteiger partial charge in [0.2, 0.25) is 0 Å². The van der Waals surface area contributed by atoms with Crippen LogP contribution in [0.3, 0.4) is 0 Å². The van der Waals surface area contributed by atoms with Crippen LogP contribution in [0.1, 0.15) is 63.5 Å². The number of aliphatic hydroxyl groups is 1. The monoisotopic (exact) mass is 372 g/mol. The standard InChI is InChI=1S/C24H40N2O/c1-19-7-6-8-20(17-19)22(18-26-15-13-25(5)14-16-26)24(27)11-9-21(10-12-24)23(2,3)4/h6-8,17,21-22,27H,9-16,18H2,1-5H3. The lowest BCUT2D eigenvalue weighted by atomic mass is 9.64. The number of hydrogen-bond donors (Lipinski definition) is 1. The van der Waals surface area contributed by atoms with E-state index in [1.807, 2.05) is 0 Å². The second kappa shape index (κ2) is 8.23. The number of piperazine rings is 1. The molecule has 1 aliphatic heterocycles. The molecular formula is C24H40N2O. The predicted molar refractivity (Wildman–Crippen MR) is 114 cm³/mol. The fourth-order valence-corrected chi connectivity index (χ4v) is 5.09. The lowest BCUT2D eigenvalue weighted by Gasteiger charge is -2.47. The lowest BCUT2D eigenvalue weighted by molar-refractivity contribution is -0.0552. The third-order valence-corrected chi connectivity index (χ3v) is 7.21. The first-order valence-corrected chi connectivity index (χ1v) is 10.9. The average Bonchev–Trinajstić information content (AvgIpc) is 2.60. The van der Waals surface area contributed by atoms with Crippen LogP contribution in [0.2, 0.25) is 0 Å². The first-order chi connectivity index (χ1) is 12.7. The van der Waals surface area contributed by atoms with E-state index in [1.165, 1.54) is 11.1 Å². The number of aryl methyl sites for hydroxylation is 1. The van der Waals surface area contributed by atoms with Crippen LogP contribution in [0.25, 0.3) is 0 Å². The van der Waals surface area contributed by atoms with Crippen molar-refractivity contribution in [2.24, 2.45) is 11.3 Å². The largest absolute Gasteiger partial charge is 0.389 e. The molecular weight excluding hydrogens is 332 g/mol. The van der Waals surface area contributed by atoms with E-state index in [0.717, 1.165) is 64.3 Å². The Kier molecular flexibility index (Phi) is 6.34. The molecule has 1 atom stereocenters. The maximum absolute atomic E-state index is 11.8. The Morgan fingerprint density at radius 3 is 2.30 bits per heavy atom. The summed E-state index contributed by atoms with van der Waals surface area (Å²) in [7, 11) is 2.21. The molecule has 1 aromatic carbocycles. The van der Waals surface area contributed by atoms with Crippen molar-refractivity contribution in [3.05, 3.63) is 35.4 Å². The van der Waals surface area contributed by atoms with Crippen LogP contribution in [-0.2, 0) is 0 Å². The molecule has 0 bridgehead atoms. The summed E-state index contributed by atoms with van der Waals surface area (Å²) in [6.07, 6.45) is 4.15. The fourth-order valence-electron chi connectivity index (χ4n) is 5.09. The van der Waals surface area contributed by atoms with Gasteiger partial charge in [-0.1, -0.05) is 50.6 Å². The van der Waals surface area contributed by atoms with Gasteiger partial charge in [-0.3, -0.25) is 0 Å². The zero-order chi connectivity index (χ0) is 19.7. The van der Waals surface area contributed by atoms with Crippen LogP contribution in [0, 0.1) is 18.3 Å². The topological polar surface area (TPSA) is 26.7 Å². The number of nitrogens with zero attached hydrogens (tertiary/aromatic N) is 2. The van der Waals surface area contributed by atoms with Gasteiger partial charge in [-0.2, -0.15) is 0 Å². The second-order valence-corrected chi connectivity index (χ2v) is 10.3. The third kappa shape index (κ3) is 5.13. The number of rotatable bonds is 4. The van der Waals surface area contributed by atoms with Crippen molar-refractivity contribution in [1.29, 1.82) is 0 Å². The molecule has 1 saturated carbocycles. The average molecular weight is 373 g/mol. The van der Waals surface area contributed by atoms with Gasteiger partial charge in [0.25, 0.3) is 0 Å². The second-order valence-electron chi connectivity index (χ2n) is 10.3. The Bertz CT molecular complexity index is 605. The quantitative estimate of drug-likeness (QED) is 0.854. The maximum atomic E-state index is 11.8. The van der Waals surface area contributed by atoms with E-state index in [4.69, 9.17) is 0 Å². The number of likely N-dealkylation sites (N-methyl/N-ethyl adjacent to an activating group) is 1. The molecule has 1 aromatic rings. The Morgan fingerprint density at radius 1 is 1.11 bits per heavy atom. The smallest absolute Gasteiger partial charge is 0.0728 e. The van der Waals surface area contributed by atoms with E-state index < -0.39 is 5.60 Å². The molecule has 27 heavy (non-hydrogen) atoms. The fraction of sp³-hybridized carbons (Fsp3) is 0.750. The van der Waals surface area contributed by atoms with Crippen LogP contribution in [0.4, 0.5) is 0 Å². The molecule has 3 rings (SSSR count). The Balaban J connectivity index is 1.79. The van der Waals surface area contributed by atoms with Gasteiger partial charge in [-0.25, -0.2) is 0 Å². The predicted octanol–water partition coefficient (Wildman–Crippen LogP) is 4.29.